The number of aromatic nitrogens is 5. The molecule has 0 spiro atoms. The average Bonchev–Trinajstić information content (AvgIpc) is 3.35. The molecule has 1 aliphatic rings. The third-order valence-electron chi connectivity index (χ3n) is 5.29. The number of halogens is 1. The van der Waals surface area contributed by atoms with E-state index in [1.807, 2.05) is 0 Å². The SMILES string of the molecule is [2H]C([2H])([2H])C([2H])([2H])[C@@]([2H])(O)c1cc(C)c(-c2cc3cnc(NC(=O)[C@H]4C[C@H]4F)cc3n3ncnc23)cn1. The molecule has 1 saturated carbocycles. The van der Waals surface area contributed by atoms with Gasteiger partial charge in [-0.2, -0.15) is 5.10 Å². The van der Waals surface area contributed by atoms with Crippen LogP contribution in [0.3, 0.4) is 0 Å². The lowest BCUT2D eigenvalue weighted by Crippen LogP contribution is -2.16. The van der Waals surface area contributed by atoms with Crippen molar-refractivity contribution in [2.75, 3.05) is 5.32 Å². The van der Waals surface area contributed by atoms with Crippen LogP contribution in [0, 0.1) is 12.8 Å². The second kappa shape index (κ2) is 7.35. The second-order valence-electron chi connectivity index (χ2n) is 7.39. The molecule has 0 radical (unpaired) electrons. The van der Waals surface area contributed by atoms with Gasteiger partial charge in [-0.15, -0.1) is 0 Å². The molecule has 2 N–H and O–H groups in total. The van der Waals surface area contributed by atoms with Crippen molar-refractivity contribution in [3.05, 3.63) is 48.2 Å². The van der Waals surface area contributed by atoms with E-state index in [0.29, 0.717) is 33.2 Å². The van der Waals surface area contributed by atoms with E-state index in [4.69, 9.17) is 8.22 Å². The molecule has 1 fully saturated rings. The summed E-state index contributed by atoms with van der Waals surface area (Å²) in [5, 5.41) is 18.0. The maximum Gasteiger partial charge on any atom is 0.231 e. The van der Waals surface area contributed by atoms with Crippen molar-refractivity contribution in [2.24, 2.45) is 5.92 Å². The molecule has 0 aromatic carbocycles. The minimum atomic E-state index is -3.28. The smallest absolute Gasteiger partial charge is 0.231 e. The summed E-state index contributed by atoms with van der Waals surface area (Å²) in [6, 6.07) is 4.62. The summed E-state index contributed by atoms with van der Waals surface area (Å²) in [4.78, 5) is 24.7. The van der Waals surface area contributed by atoms with Crippen molar-refractivity contribution in [1.82, 2.24) is 24.6 Å². The van der Waals surface area contributed by atoms with Gasteiger partial charge in [-0.3, -0.25) is 9.78 Å². The normalized spacial score (nSPS) is 23.7. The Morgan fingerprint density at radius 2 is 2.23 bits per heavy atom. The number of pyridine rings is 3. The molecule has 9 heteroatoms. The number of carbonyl (C=O) groups excluding carboxylic acids is 1. The van der Waals surface area contributed by atoms with Gasteiger partial charge in [0.1, 0.15) is 18.3 Å². The third-order valence-corrected chi connectivity index (χ3v) is 5.29. The highest BCUT2D eigenvalue weighted by Gasteiger charge is 2.43. The number of anilines is 1. The zero-order valence-corrected chi connectivity index (χ0v) is 16.3. The Balaban J connectivity index is 1.56. The lowest BCUT2D eigenvalue weighted by Gasteiger charge is -2.13. The second-order valence-corrected chi connectivity index (χ2v) is 7.39. The highest BCUT2D eigenvalue weighted by molar-refractivity contribution is 5.97. The highest BCUT2D eigenvalue weighted by Crippen LogP contribution is 2.35. The fourth-order valence-electron chi connectivity index (χ4n) is 3.52. The van der Waals surface area contributed by atoms with Gasteiger partial charge in [0.2, 0.25) is 5.91 Å². The van der Waals surface area contributed by atoms with Crippen LogP contribution in [0.15, 0.2) is 36.9 Å². The van der Waals surface area contributed by atoms with E-state index < -0.39 is 43.0 Å². The van der Waals surface area contributed by atoms with E-state index in [1.54, 1.807) is 19.1 Å². The first kappa shape index (κ1) is 13.8. The molecule has 0 saturated heterocycles. The van der Waals surface area contributed by atoms with E-state index in [2.05, 4.69) is 25.4 Å². The fourth-order valence-corrected chi connectivity index (χ4v) is 3.52. The highest BCUT2D eigenvalue weighted by atomic mass is 19.1. The molecule has 0 aliphatic heterocycles. The molecule has 1 amide bonds. The number of alkyl halides is 1. The van der Waals surface area contributed by atoms with Gasteiger partial charge in [-0.05, 0) is 37.4 Å². The zero-order chi connectivity index (χ0) is 26.9. The van der Waals surface area contributed by atoms with Gasteiger partial charge < -0.3 is 10.4 Å². The molecule has 0 bridgehead atoms. The van der Waals surface area contributed by atoms with Gasteiger partial charge >= 0.3 is 0 Å². The summed E-state index contributed by atoms with van der Waals surface area (Å²) < 4.78 is 60.7. The van der Waals surface area contributed by atoms with Crippen LogP contribution >= 0.6 is 0 Å². The van der Waals surface area contributed by atoms with Crippen LogP contribution in [0.2, 0.25) is 0 Å². The van der Waals surface area contributed by atoms with Crippen molar-refractivity contribution < 1.29 is 22.5 Å². The van der Waals surface area contributed by atoms with E-state index in [-0.39, 0.29) is 12.2 Å². The van der Waals surface area contributed by atoms with Gasteiger partial charge in [0.05, 0.1) is 24.6 Å². The van der Waals surface area contributed by atoms with Crippen molar-refractivity contribution in [3.63, 3.8) is 0 Å². The number of aliphatic hydroxyl groups is 1. The van der Waals surface area contributed by atoms with Crippen LogP contribution in [-0.2, 0) is 4.79 Å². The molecule has 5 rings (SSSR count). The van der Waals surface area contributed by atoms with Crippen LogP contribution in [0.5, 0.6) is 0 Å². The predicted octanol–water partition coefficient (Wildman–Crippen LogP) is 3.39. The van der Waals surface area contributed by atoms with Gasteiger partial charge in [0.15, 0.2) is 5.65 Å². The average molecular weight is 426 g/mol. The van der Waals surface area contributed by atoms with Crippen molar-refractivity contribution in [1.29, 1.82) is 0 Å². The zero-order valence-electron chi connectivity index (χ0n) is 22.3. The Kier molecular flexibility index (Phi) is 3.26. The van der Waals surface area contributed by atoms with Crippen molar-refractivity contribution in [2.45, 2.75) is 38.8 Å². The Morgan fingerprint density at radius 1 is 1.39 bits per heavy atom. The van der Waals surface area contributed by atoms with Gasteiger partial charge in [-0.1, -0.05) is 6.85 Å². The largest absolute Gasteiger partial charge is 0.387 e. The fraction of sp³-hybridized carbons (Fsp3) is 0.318. The maximum absolute atomic E-state index is 13.2. The summed E-state index contributed by atoms with van der Waals surface area (Å²) >= 11 is 0. The Morgan fingerprint density at radius 3 is 2.97 bits per heavy atom. The first-order valence-electron chi connectivity index (χ1n) is 12.5. The molecule has 158 valence electrons. The molecule has 31 heavy (non-hydrogen) atoms. The summed E-state index contributed by atoms with van der Waals surface area (Å²) in [6.07, 6.45) is -3.21. The molecular formula is C22H21FN6O2. The van der Waals surface area contributed by atoms with Crippen LogP contribution in [0.25, 0.3) is 27.7 Å². The van der Waals surface area contributed by atoms with Gasteiger partial charge in [0, 0.05) is 41.8 Å². The number of aryl methyl sites for hydroxylation is 1. The number of nitrogens with zero attached hydrogens (tertiary/aromatic N) is 5. The molecule has 8 nitrogen and oxygen atoms in total. The van der Waals surface area contributed by atoms with Crippen molar-refractivity contribution >= 4 is 28.3 Å². The summed E-state index contributed by atoms with van der Waals surface area (Å²) in [6.45, 7) is -1.62. The molecule has 1 aliphatic carbocycles. The summed E-state index contributed by atoms with van der Waals surface area (Å²) in [7, 11) is 0. The van der Waals surface area contributed by atoms with Crippen LogP contribution in [0.4, 0.5) is 10.2 Å². The predicted molar refractivity (Wildman–Crippen MR) is 113 cm³/mol. The Hall–Kier alpha value is -3.46. The van der Waals surface area contributed by atoms with Crippen molar-refractivity contribution in [3.8, 4) is 11.1 Å². The number of amides is 1. The Bertz CT molecular complexity index is 1560. The number of hydrogen-bond acceptors (Lipinski definition) is 6. The number of hydrogen-bond donors (Lipinski definition) is 2. The topological polar surface area (TPSA) is 105 Å². The molecule has 4 aromatic rings. The standard InChI is InChI=1S/C22H21FN6O2/c1-3-19(30)17-4-11(2)15(9-24-17)13-5-12-8-25-20(28-22(31)14-6-16(14)23)7-18(12)29-21(13)26-10-27-29/h4-5,7-10,14,16,19,30H,3,6H2,1-2H3,(H,25,28,31)/t14-,16+,19+/m0/s1/i1D3,3D2,19D. The van der Waals surface area contributed by atoms with Crippen LogP contribution < -0.4 is 5.32 Å². The number of carbonyl (C=O) groups is 1. The van der Waals surface area contributed by atoms with E-state index in [9.17, 15) is 14.3 Å². The number of fused-ring (bicyclic) bond motifs is 3. The van der Waals surface area contributed by atoms with Crippen LogP contribution in [-0.4, -0.2) is 41.8 Å². The molecular weight excluding hydrogens is 399 g/mol. The monoisotopic (exact) mass is 426 g/mol. The maximum atomic E-state index is 13.2. The van der Waals surface area contributed by atoms with Gasteiger partial charge in [-0.25, -0.2) is 18.9 Å². The Labute approximate surface area is 185 Å². The lowest BCUT2D eigenvalue weighted by molar-refractivity contribution is -0.117. The minimum Gasteiger partial charge on any atom is -0.387 e. The van der Waals surface area contributed by atoms with E-state index in [0.717, 1.165) is 0 Å². The van der Waals surface area contributed by atoms with E-state index in [1.165, 1.54) is 29.3 Å². The molecule has 4 aromatic heterocycles. The van der Waals surface area contributed by atoms with E-state index >= 15 is 0 Å². The molecule has 0 unspecified atom stereocenters. The summed E-state index contributed by atoms with van der Waals surface area (Å²) in [5.41, 5.74) is 2.09. The van der Waals surface area contributed by atoms with Gasteiger partial charge in [0.25, 0.3) is 0 Å². The lowest BCUT2D eigenvalue weighted by atomic mass is 10.0. The number of rotatable bonds is 5. The third kappa shape index (κ3) is 3.40. The number of nitrogens with one attached hydrogen (secondary N) is 1. The molecule has 3 atom stereocenters. The van der Waals surface area contributed by atoms with Crippen LogP contribution in [0.1, 0.15) is 45.2 Å². The first-order valence-corrected chi connectivity index (χ1v) is 9.49. The molecule has 4 heterocycles. The summed E-state index contributed by atoms with van der Waals surface area (Å²) in [5.74, 6) is -0.868. The minimum absolute atomic E-state index is 0.195. The first-order chi connectivity index (χ1) is 17.2. The quantitative estimate of drug-likeness (QED) is 0.507.